The van der Waals surface area contributed by atoms with Gasteiger partial charge in [-0.25, -0.2) is 0 Å². The molecule has 0 aliphatic carbocycles. The van der Waals surface area contributed by atoms with Crippen LogP contribution in [0.25, 0.3) is 10.9 Å². The number of aliphatic hydroxyl groups excluding tert-OH is 1. The SMILES string of the molecule is COc1ccc2[nH]c(CN(CCCO)Cc3cccs3)c(C)c2c1. The molecule has 2 N–H and O–H groups in total. The summed E-state index contributed by atoms with van der Waals surface area (Å²) in [4.78, 5) is 7.28. The summed E-state index contributed by atoms with van der Waals surface area (Å²) in [6, 6.07) is 10.4. The molecule has 0 radical (unpaired) electrons. The molecule has 128 valence electrons. The first-order valence-corrected chi connectivity index (χ1v) is 9.10. The molecule has 0 aliphatic rings. The first-order chi connectivity index (χ1) is 11.7. The summed E-state index contributed by atoms with van der Waals surface area (Å²) in [5.74, 6) is 0.881. The van der Waals surface area contributed by atoms with Crippen molar-refractivity contribution in [2.45, 2.75) is 26.4 Å². The number of hydrogen-bond donors (Lipinski definition) is 2. The molecule has 0 unspecified atom stereocenters. The van der Waals surface area contributed by atoms with Gasteiger partial charge in [0.25, 0.3) is 0 Å². The van der Waals surface area contributed by atoms with Crippen LogP contribution in [0.15, 0.2) is 35.7 Å². The number of nitrogens with one attached hydrogen (secondary N) is 1. The van der Waals surface area contributed by atoms with E-state index in [2.05, 4.69) is 46.5 Å². The van der Waals surface area contributed by atoms with E-state index in [4.69, 9.17) is 4.74 Å². The van der Waals surface area contributed by atoms with Crippen molar-refractivity contribution < 1.29 is 9.84 Å². The smallest absolute Gasteiger partial charge is 0.119 e. The number of aliphatic hydroxyl groups is 1. The number of thiophene rings is 1. The van der Waals surface area contributed by atoms with E-state index in [0.717, 1.165) is 37.3 Å². The molecule has 0 saturated carbocycles. The van der Waals surface area contributed by atoms with E-state index < -0.39 is 0 Å². The molecule has 0 amide bonds. The zero-order chi connectivity index (χ0) is 16.9. The third-order valence-electron chi connectivity index (χ3n) is 4.34. The molecule has 24 heavy (non-hydrogen) atoms. The fourth-order valence-corrected chi connectivity index (χ4v) is 3.75. The Morgan fingerprint density at radius 2 is 2.12 bits per heavy atom. The monoisotopic (exact) mass is 344 g/mol. The zero-order valence-electron chi connectivity index (χ0n) is 14.2. The Hall–Kier alpha value is -1.82. The van der Waals surface area contributed by atoms with Gasteiger partial charge in [0.05, 0.1) is 7.11 Å². The van der Waals surface area contributed by atoms with Gasteiger partial charge in [-0.2, -0.15) is 0 Å². The highest BCUT2D eigenvalue weighted by atomic mass is 32.1. The molecule has 0 aliphatic heterocycles. The Bertz CT molecular complexity index is 780. The van der Waals surface area contributed by atoms with E-state index in [1.54, 1.807) is 18.4 Å². The van der Waals surface area contributed by atoms with Crippen molar-refractivity contribution in [3.05, 3.63) is 51.8 Å². The van der Waals surface area contributed by atoms with Gasteiger partial charge in [0.15, 0.2) is 0 Å². The summed E-state index contributed by atoms with van der Waals surface area (Å²) >= 11 is 1.78. The summed E-state index contributed by atoms with van der Waals surface area (Å²) in [5.41, 5.74) is 3.64. The van der Waals surface area contributed by atoms with Crippen molar-refractivity contribution >= 4 is 22.2 Å². The number of methoxy groups -OCH3 is 1. The van der Waals surface area contributed by atoms with Crippen LogP contribution in [0.5, 0.6) is 5.75 Å². The van der Waals surface area contributed by atoms with E-state index in [9.17, 15) is 5.11 Å². The maximum atomic E-state index is 9.19. The quantitative estimate of drug-likeness (QED) is 0.651. The Balaban J connectivity index is 1.82. The van der Waals surface area contributed by atoms with E-state index in [1.165, 1.54) is 21.5 Å². The number of nitrogens with zero attached hydrogens (tertiary/aromatic N) is 1. The molecule has 1 aromatic carbocycles. The number of benzene rings is 1. The average Bonchev–Trinajstić information content (AvgIpc) is 3.21. The molecule has 0 spiro atoms. The molecule has 3 aromatic rings. The maximum Gasteiger partial charge on any atom is 0.119 e. The number of rotatable bonds is 8. The maximum absolute atomic E-state index is 9.19. The van der Waals surface area contributed by atoms with Crippen molar-refractivity contribution in [2.75, 3.05) is 20.3 Å². The van der Waals surface area contributed by atoms with Crippen LogP contribution in [0.3, 0.4) is 0 Å². The number of ether oxygens (including phenoxy) is 1. The van der Waals surface area contributed by atoms with Gasteiger partial charge < -0.3 is 14.8 Å². The van der Waals surface area contributed by atoms with Gasteiger partial charge in [-0.15, -0.1) is 11.3 Å². The van der Waals surface area contributed by atoms with Crippen LogP contribution in [0.2, 0.25) is 0 Å². The van der Waals surface area contributed by atoms with Crippen LogP contribution >= 0.6 is 11.3 Å². The van der Waals surface area contributed by atoms with Gasteiger partial charge in [0.1, 0.15) is 5.75 Å². The molecule has 3 rings (SSSR count). The van der Waals surface area contributed by atoms with Crippen LogP contribution in [-0.4, -0.2) is 35.3 Å². The van der Waals surface area contributed by atoms with E-state index in [0.29, 0.717) is 0 Å². The second-order valence-electron chi connectivity index (χ2n) is 6.01. The van der Waals surface area contributed by atoms with Crippen molar-refractivity contribution in [3.8, 4) is 5.75 Å². The Labute approximate surface area is 146 Å². The standard InChI is InChI=1S/C19H24N2O2S/c1-14-17-11-15(23-2)6-7-18(17)20-19(14)13-21(8-4-9-22)12-16-5-3-10-24-16/h3,5-7,10-11,20,22H,4,8-9,12-13H2,1-2H3. The normalized spacial score (nSPS) is 11.5. The highest BCUT2D eigenvalue weighted by molar-refractivity contribution is 7.09. The Kier molecular flexibility index (Phi) is 5.56. The third-order valence-corrected chi connectivity index (χ3v) is 5.20. The molecule has 0 saturated heterocycles. The summed E-state index contributed by atoms with van der Waals surface area (Å²) in [7, 11) is 1.70. The number of H-pyrrole nitrogens is 1. The van der Waals surface area contributed by atoms with Gasteiger partial charge in [-0.1, -0.05) is 6.07 Å². The summed E-state index contributed by atoms with van der Waals surface area (Å²) in [5, 5.41) is 12.5. The predicted molar refractivity (Wildman–Crippen MR) is 99.7 cm³/mol. The third kappa shape index (κ3) is 3.80. The van der Waals surface area contributed by atoms with Gasteiger partial charge in [-0.3, -0.25) is 4.90 Å². The summed E-state index contributed by atoms with van der Waals surface area (Å²) in [6.07, 6.45) is 0.790. The average molecular weight is 344 g/mol. The van der Waals surface area contributed by atoms with Crippen molar-refractivity contribution in [3.63, 3.8) is 0 Å². The Morgan fingerprint density at radius 1 is 1.25 bits per heavy atom. The lowest BCUT2D eigenvalue weighted by Crippen LogP contribution is -2.24. The minimum atomic E-state index is 0.226. The first kappa shape index (κ1) is 17.0. The molecule has 0 fully saturated rings. The lowest BCUT2D eigenvalue weighted by molar-refractivity contribution is 0.212. The van der Waals surface area contributed by atoms with E-state index >= 15 is 0 Å². The Morgan fingerprint density at radius 3 is 2.83 bits per heavy atom. The number of aromatic amines is 1. The first-order valence-electron chi connectivity index (χ1n) is 8.22. The molecular formula is C19H24N2O2S. The fraction of sp³-hybridized carbons (Fsp3) is 0.368. The van der Waals surface area contributed by atoms with Crippen molar-refractivity contribution in [1.82, 2.24) is 9.88 Å². The number of fused-ring (bicyclic) bond motifs is 1. The highest BCUT2D eigenvalue weighted by Crippen LogP contribution is 2.27. The number of aryl methyl sites for hydroxylation is 1. The zero-order valence-corrected chi connectivity index (χ0v) is 15.0. The van der Waals surface area contributed by atoms with Gasteiger partial charge >= 0.3 is 0 Å². The second kappa shape index (κ2) is 7.83. The molecule has 5 heteroatoms. The highest BCUT2D eigenvalue weighted by Gasteiger charge is 2.13. The minimum absolute atomic E-state index is 0.226. The van der Waals surface area contributed by atoms with Gasteiger partial charge in [-0.05, 0) is 48.6 Å². The minimum Gasteiger partial charge on any atom is -0.497 e. The van der Waals surface area contributed by atoms with Crippen LogP contribution in [0.4, 0.5) is 0 Å². The lowest BCUT2D eigenvalue weighted by Gasteiger charge is -2.21. The van der Waals surface area contributed by atoms with Gasteiger partial charge in [0, 0.05) is 47.7 Å². The molecule has 4 nitrogen and oxygen atoms in total. The fourth-order valence-electron chi connectivity index (χ4n) is 3.00. The second-order valence-corrected chi connectivity index (χ2v) is 7.04. The number of aromatic nitrogens is 1. The van der Waals surface area contributed by atoms with Crippen molar-refractivity contribution in [2.24, 2.45) is 0 Å². The number of hydrogen-bond acceptors (Lipinski definition) is 4. The predicted octanol–water partition coefficient (Wildman–Crippen LogP) is 3.93. The summed E-state index contributed by atoms with van der Waals surface area (Å²) in [6.45, 7) is 5.02. The van der Waals surface area contributed by atoms with Gasteiger partial charge in [0.2, 0.25) is 0 Å². The largest absolute Gasteiger partial charge is 0.497 e. The molecule has 0 bridgehead atoms. The molecule has 2 aromatic heterocycles. The van der Waals surface area contributed by atoms with Crippen LogP contribution in [0.1, 0.15) is 22.6 Å². The van der Waals surface area contributed by atoms with Crippen LogP contribution in [0, 0.1) is 6.92 Å². The lowest BCUT2D eigenvalue weighted by atomic mass is 10.1. The molecule has 0 atom stereocenters. The molecule has 2 heterocycles. The topological polar surface area (TPSA) is 48.5 Å². The summed E-state index contributed by atoms with van der Waals surface area (Å²) < 4.78 is 5.34. The van der Waals surface area contributed by atoms with Crippen LogP contribution in [-0.2, 0) is 13.1 Å². The van der Waals surface area contributed by atoms with E-state index in [1.807, 2.05) is 6.07 Å². The van der Waals surface area contributed by atoms with Crippen molar-refractivity contribution in [1.29, 1.82) is 0 Å². The van der Waals surface area contributed by atoms with E-state index in [-0.39, 0.29) is 6.61 Å². The van der Waals surface area contributed by atoms with Crippen LogP contribution < -0.4 is 4.74 Å². The molecular weight excluding hydrogens is 320 g/mol.